The zero-order chi connectivity index (χ0) is 16.3. The first-order chi connectivity index (χ1) is 11.7. The highest BCUT2D eigenvalue weighted by atomic mass is 32.2. The largest absolute Gasteiger partial charge is 0.258 e. The second-order valence-corrected chi connectivity index (χ2v) is 9.86. The third-order valence-electron chi connectivity index (χ3n) is 5.36. The lowest BCUT2D eigenvalue weighted by Gasteiger charge is -2.29. The smallest absolute Gasteiger partial charge is 0.0968 e. The van der Waals surface area contributed by atoms with E-state index in [1.165, 1.54) is 0 Å². The van der Waals surface area contributed by atoms with E-state index in [-0.39, 0.29) is 16.4 Å². The van der Waals surface area contributed by atoms with Crippen LogP contribution in [-0.4, -0.2) is 18.9 Å². The lowest BCUT2D eigenvalue weighted by molar-refractivity contribution is 0.531. The fraction of sp³-hybridized carbons (Fsp3) is 0.200. The molecule has 0 aliphatic carbocycles. The molecule has 0 radical (unpaired) electrons. The van der Waals surface area contributed by atoms with E-state index < -0.39 is 26.3 Å². The summed E-state index contributed by atoms with van der Waals surface area (Å²) in [4.78, 5) is 0.899. The molecule has 1 unspecified atom stereocenters. The molecule has 6 atom stereocenters. The standard InChI is InChI=1S/C20H16O2S2/c21-23-18(14-7-3-1-4-8-14)13-16-19(23)17-11-12-20(16,24(17)22)15-9-5-2-6-10-15/h1-13,16-17,19H/t16-,17+,19+,20+,23-,24?/m0/s1. The Kier molecular flexibility index (Phi) is 3.10. The number of hydrogen-bond acceptors (Lipinski definition) is 2. The van der Waals surface area contributed by atoms with Gasteiger partial charge >= 0.3 is 0 Å². The zero-order valence-electron chi connectivity index (χ0n) is 12.9. The van der Waals surface area contributed by atoms with Crippen molar-refractivity contribution in [3.63, 3.8) is 0 Å². The monoisotopic (exact) mass is 352 g/mol. The topological polar surface area (TPSA) is 34.1 Å². The van der Waals surface area contributed by atoms with Gasteiger partial charge in [-0.25, -0.2) is 0 Å². The molecule has 2 nitrogen and oxygen atoms in total. The highest BCUT2D eigenvalue weighted by Gasteiger charge is 2.65. The molecule has 0 amide bonds. The molecule has 24 heavy (non-hydrogen) atoms. The Morgan fingerprint density at radius 1 is 0.875 bits per heavy atom. The molecule has 3 aliphatic rings. The van der Waals surface area contributed by atoms with Crippen LogP contribution in [0.15, 0.2) is 78.9 Å². The zero-order valence-corrected chi connectivity index (χ0v) is 14.5. The fourth-order valence-electron chi connectivity index (χ4n) is 4.29. The van der Waals surface area contributed by atoms with Crippen molar-refractivity contribution in [3.8, 4) is 0 Å². The van der Waals surface area contributed by atoms with Crippen molar-refractivity contribution in [2.24, 2.45) is 5.92 Å². The number of allylic oxidation sites excluding steroid dienone is 1. The van der Waals surface area contributed by atoms with E-state index in [1.54, 1.807) is 0 Å². The highest BCUT2D eigenvalue weighted by molar-refractivity contribution is 7.97. The summed E-state index contributed by atoms with van der Waals surface area (Å²) in [6, 6.07) is 20.0. The Labute approximate surface area is 146 Å². The van der Waals surface area contributed by atoms with Crippen molar-refractivity contribution in [1.29, 1.82) is 0 Å². The maximum atomic E-state index is 13.2. The van der Waals surface area contributed by atoms with Crippen LogP contribution in [-0.2, 0) is 26.3 Å². The van der Waals surface area contributed by atoms with Crippen molar-refractivity contribution in [1.82, 2.24) is 0 Å². The maximum absolute atomic E-state index is 13.2. The van der Waals surface area contributed by atoms with Crippen LogP contribution in [0.4, 0.5) is 0 Å². The van der Waals surface area contributed by atoms with Gasteiger partial charge in [0.05, 0.1) is 26.0 Å². The maximum Gasteiger partial charge on any atom is 0.0968 e. The van der Waals surface area contributed by atoms with E-state index in [0.717, 1.165) is 16.0 Å². The average molecular weight is 352 g/mol. The molecule has 0 spiro atoms. The lowest BCUT2D eigenvalue weighted by Crippen LogP contribution is -2.34. The molecule has 5 rings (SSSR count). The van der Waals surface area contributed by atoms with E-state index in [2.05, 4.69) is 12.2 Å². The molecule has 1 saturated heterocycles. The van der Waals surface area contributed by atoms with Gasteiger partial charge in [-0.1, -0.05) is 78.9 Å². The second-order valence-electron chi connectivity index (χ2n) is 6.47. The molecule has 120 valence electrons. The molecule has 4 heteroatoms. The molecule has 3 heterocycles. The molecule has 0 N–H and O–H groups in total. The summed E-state index contributed by atoms with van der Waals surface area (Å²) in [5, 5.41) is -0.195. The van der Waals surface area contributed by atoms with Gasteiger partial charge in [0.1, 0.15) is 0 Å². The molecule has 0 saturated carbocycles. The van der Waals surface area contributed by atoms with Crippen molar-refractivity contribution < 1.29 is 8.42 Å². The molecule has 2 bridgehead atoms. The molecule has 0 aromatic heterocycles. The van der Waals surface area contributed by atoms with Gasteiger partial charge in [0.2, 0.25) is 0 Å². The van der Waals surface area contributed by atoms with Gasteiger partial charge in [-0.05, 0) is 11.1 Å². The predicted molar refractivity (Wildman–Crippen MR) is 99.0 cm³/mol. The van der Waals surface area contributed by atoms with Crippen LogP contribution in [0.25, 0.3) is 4.91 Å². The SMILES string of the molecule is O=S1[C@@H]2C=C[C@@]1(c1ccccc1)[C@H]1C=C(c3ccccc3)[S@](=O)[C@@H]21. The van der Waals surface area contributed by atoms with Crippen LogP contribution in [0.2, 0.25) is 0 Å². The van der Waals surface area contributed by atoms with E-state index in [9.17, 15) is 8.42 Å². The van der Waals surface area contributed by atoms with Gasteiger partial charge in [-0.3, -0.25) is 8.42 Å². The molecular weight excluding hydrogens is 336 g/mol. The van der Waals surface area contributed by atoms with Crippen molar-refractivity contribution in [2.45, 2.75) is 15.2 Å². The van der Waals surface area contributed by atoms with Gasteiger partial charge < -0.3 is 0 Å². The number of hydrogen-bond donors (Lipinski definition) is 0. The van der Waals surface area contributed by atoms with Gasteiger partial charge in [0, 0.05) is 21.6 Å². The van der Waals surface area contributed by atoms with Crippen molar-refractivity contribution in [3.05, 3.63) is 90.0 Å². The van der Waals surface area contributed by atoms with Crippen molar-refractivity contribution >= 4 is 26.5 Å². The van der Waals surface area contributed by atoms with Gasteiger partial charge in [0.15, 0.2) is 0 Å². The van der Waals surface area contributed by atoms with Crippen LogP contribution < -0.4 is 0 Å². The quantitative estimate of drug-likeness (QED) is 0.777. The Hall–Kier alpha value is -1.78. The number of rotatable bonds is 2. The molecule has 2 aromatic carbocycles. The molecule has 1 fully saturated rings. The number of benzene rings is 2. The van der Waals surface area contributed by atoms with Crippen LogP contribution in [0.3, 0.4) is 0 Å². The normalized spacial score (nSPS) is 39.0. The summed E-state index contributed by atoms with van der Waals surface area (Å²) in [5.41, 5.74) is 2.08. The first kappa shape index (κ1) is 14.6. The highest BCUT2D eigenvalue weighted by Crippen LogP contribution is 2.59. The summed E-state index contributed by atoms with van der Waals surface area (Å²) in [6.45, 7) is 0. The van der Waals surface area contributed by atoms with E-state index >= 15 is 0 Å². The lowest BCUT2D eigenvalue weighted by atomic mass is 9.79. The summed E-state index contributed by atoms with van der Waals surface area (Å²) in [6.07, 6.45) is 6.26. The molecular formula is C20H16O2S2. The van der Waals surface area contributed by atoms with E-state index in [0.29, 0.717) is 0 Å². The Morgan fingerprint density at radius 3 is 2.25 bits per heavy atom. The summed E-state index contributed by atoms with van der Waals surface area (Å²) in [5.74, 6) is 0.0340. The Morgan fingerprint density at radius 2 is 1.54 bits per heavy atom. The van der Waals surface area contributed by atoms with Crippen LogP contribution >= 0.6 is 0 Å². The van der Waals surface area contributed by atoms with Gasteiger partial charge in [-0.2, -0.15) is 0 Å². The van der Waals surface area contributed by atoms with E-state index in [1.807, 2.05) is 66.7 Å². The summed E-state index contributed by atoms with van der Waals surface area (Å²) in [7, 11) is -2.18. The number of fused-ring (bicyclic) bond motifs is 5. The average Bonchev–Trinajstić information content (AvgIpc) is 3.23. The van der Waals surface area contributed by atoms with Gasteiger partial charge in [0.25, 0.3) is 0 Å². The minimum atomic E-state index is -1.12. The Bertz CT molecular complexity index is 917. The molecule has 3 aliphatic heterocycles. The second kappa shape index (κ2) is 5.11. The third kappa shape index (κ3) is 1.70. The van der Waals surface area contributed by atoms with E-state index in [4.69, 9.17) is 0 Å². The van der Waals surface area contributed by atoms with Gasteiger partial charge in [-0.15, -0.1) is 0 Å². The third-order valence-corrected chi connectivity index (χ3v) is 9.68. The minimum absolute atomic E-state index is 0.0340. The first-order valence-electron chi connectivity index (χ1n) is 8.07. The Balaban J connectivity index is 1.69. The van der Waals surface area contributed by atoms with Crippen LogP contribution in [0.5, 0.6) is 0 Å². The van der Waals surface area contributed by atoms with Crippen LogP contribution in [0, 0.1) is 5.92 Å². The predicted octanol–water partition coefficient (Wildman–Crippen LogP) is 3.37. The van der Waals surface area contributed by atoms with Crippen molar-refractivity contribution in [2.75, 3.05) is 0 Å². The summed E-state index contributed by atoms with van der Waals surface area (Å²) < 4.78 is 25.8. The minimum Gasteiger partial charge on any atom is -0.258 e. The summed E-state index contributed by atoms with van der Waals surface area (Å²) >= 11 is 0. The van der Waals surface area contributed by atoms with Crippen LogP contribution in [0.1, 0.15) is 11.1 Å². The fourth-order valence-corrected chi connectivity index (χ4v) is 8.97. The first-order valence-corrected chi connectivity index (χ1v) is 10.5. The molecule has 2 aromatic rings.